The zero-order valence-corrected chi connectivity index (χ0v) is 13.5. The number of likely N-dealkylation sites (tertiary alicyclic amines) is 1. The molecular formula is C17H19N5O2. The van der Waals surface area contributed by atoms with E-state index in [1.54, 1.807) is 25.4 Å². The number of hydrogen-bond donors (Lipinski definition) is 1. The highest BCUT2D eigenvalue weighted by Gasteiger charge is 2.26. The Balaban J connectivity index is 1.60. The molecule has 0 spiro atoms. The molecule has 1 saturated heterocycles. The van der Waals surface area contributed by atoms with E-state index in [1.165, 1.54) is 4.57 Å². The van der Waals surface area contributed by atoms with E-state index in [0.717, 1.165) is 24.9 Å². The molecule has 1 amide bonds. The second kappa shape index (κ2) is 5.67. The minimum absolute atomic E-state index is 0.00143. The van der Waals surface area contributed by atoms with Crippen LogP contribution in [-0.4, -0.2) is 43.2 Å². The number of benzene rings is 1. The molecule has 1 aromatic carbocycles. The molecule has 1 N–H and O–H groups in total. The molecule has 1 atom stereocenters. The van der Waals surface area contributed by atoms with Crippen LogP contribution in [-0.2, 0) is 7.05 Å². The first-order valence-electron chi connectivity index (χ1n) is 8.10. The van der Waals surface area contributed by atoms with Crippen LogP contribution < -0.4 is 5.69 Å². The minimum Gasteiger partial charge on any atom is -0.337 e. The van der Waals surface area contributed by atoms with Gasteiger partial charge in [-0.1, -0.05) is 0 Å². The van der Waals surface area contributed by atoms with Crippen molar-refractivity contribution in [2.24, 2.45) is 7.05 Å². The summed E-state index contributed by atoms with van der Waals surface area (Å²) in [5.74, 6) is -0.00143. The van der Waals surface area contributed by atoms with Crippen LogP contribution in [0, 0.1) is 0 Å². The van der Waals surface area contributed by atoms with E-state index in [9.17, 15) is 9.59 Å². The van der Waals surface area contributed by atoms with Crippen molar-refractivity contribution in [3.63, 3.8) is 0 Å². The maximum atomic E-state index is 12.8. The number of rotatable bonds is 2. The van der Waals surface area contributed by atoms with Crippen molar-refractivity contribution in [1.29, 1.82) is 0 Å². The number of imidazole rings is 1. The van der Waals surface area contributed by atoms with Gasteiger partial charge in [0, 0.05) is 38.1 Å². The first kappa shape index (κ1) is 14.7. The van der Waals surface area contributed by atoms with Crippen molar-refractivity contribution in [2.75, 3.05) is 13.1 Å². The molecule has 24 heavy (non-hydrogen) atoms. The Labute approximate surface area is 138 Å². The fourth-order valence-corrected chi connectivity index (χ4v) is 3.40. The molecule has 0 bridgehead atoms. The summed E-state index contributed by atoms with van der Waals surface area (Å²) in [7, 11) is 1.71. The number of aryl methyl sites for hydroxylation is 1. The number of fused-ring (bicyclic) bond motifs is 1. The van der Waals surface area contributed by atoms with Crippen LogP contribution in [0.25, 0.3) is 11.0 Å². The van der Waals surface area contributed by atoms with E-state index in [-0.39, 0.29) is 17.6 Å². The standard InChI is InChI=1S/C17H19N5O2/c1-20-15-6-5-12(10-14(15)19-17(20)24)16(23)21-8-2-4-13(11-21)22-9-3-7-18-22/h3,5-7,9-10,13H,2,4,8,11H2,1H3,(H,19,24)/t13-/m0/s1. The monoisotopic (exact) mass is 325 g/mol. The molecule has 7 heteroatoms. The molecule has 0 unspecified atom stereocenters. The number of nitrogens with one attached hydrogen (secondary N) is 1. The number of aromatic nitrogens is 4. The lowest BCUT2D eigenvalue weighted by molar-refractivity contribution is 0.0673. The average Bonchev–Trinajstić information content (AvgIpc) is 3.23. The Morgan fingerprint density at radius 1 is 1.38 bits per heavy atom. The van der Waals surface area contributed by atoms with Gasteiger partial charge in [0.15, 0.2) is 0 Å². The Kier molecular flexibility index (Phi) is 3.48. The van der Waals surface area contributed by atoms with E-state index in [1.807, 2.05) is 27.9 Å². The molecule has 3 heterocycles. The molecule has 3 aromatic rings. The molecule has 0 saturated carbocycles. The summed E-state index contributed by atoms with van der Waals surface area (Å²) in [6.07, 6.45) is 5.69. The third-order valence-corrected chi connectivity index (χ3v) is 4.73. The Hall–Kier alpha value is -2.83. The van der Waals surface area contributed by atoms with Crippen molar-refractivity contribution in [3.8, 4) is 0 Å². The molecule has 7 nitrogen and oxygen atoms in total. The normalized spacial score (nSPS) is 18.2. The second-order valence-electron chi connectivity index (χ2n) is 6.25. The van der Waals surface area contributed by atoms with Crippen LogP contribution in [0.4, 0.5) is 0 Å². The number of piperidine rings is 1. The molecule has 1 aliphatic rings. The molecule has 0 aliphatic carbocycles. The van der Waals surface area contributed by atoms with Gasteiger partial charge in [0.1, 0.15) is 0 Å². The highest BCUT2D eigenvalue weighted by Crippen LogP contribution is 2.23. The lowest BCUT2D eigenvalue weighted by atomic mass is 10.0. The zero-order chi connectivity index (χ0) is 16.7. The first-order chi connectivity index (χ1) is 11.6. The maximum Gasteiger partial charge on any atom is 0.326 e. The van der Waals surface area contributed by atoms with Gasteiger partial charge in [-0.3, -0.25) is 14.0 Å². The average molecular weight is 325 g/mol. The third-order valence-electron chi connectivity index (χ3n) is 4.73. The maximum absolute atomic E-state index is 12.8. The van der Waals surface area contributed by atoms with Gasteiger partial charge in [0.25, 0.3) is 5.91 Å². The van der Waals surface area contributed by atoms with Gasteiger partial charge in [-0.25, -0.2) is 4.79 Å². The minimum atomic E-state index is -0.175. The van der Waals surface area contributed by atoms with E-state index in [2.05, 4.69) is 10.1 Å². The summed E-state index contributed by atoms with van der Waals surface area (Å²) in [5, 5.41) is 4.30. The Bertz CT molecular complexity index is 938. The molecule has 4 rings (SSSR count). The van der Waals surface area contributed by atoms with Crippen molar-refractivity contribution in [3.05, 3.63) is 52.7 Å². The molecule has 2 aromatic heterocycles. The summed E-state index contributed by atoms with van der Waals surface area (Å²) >= 11 is 0. The number of H-pyrrole nitrogens is 1. The second-order valence-corrected chi connectivity index (χ2v) is 6.25. The number of amides is 1. The largest absolute Gasteiger partial charge is 0.337 e. The fraction of sp³-hybridized carbons (Fsp3) is 0.353. The van der Waals surface area contributed by atoms with Gasteiger partial charge in [-0.05, 0) is 37.1 Å². The highest BCUT2D eigenvalue weighted by molar-refractivity contribution is 5.97. The number of carbonyl (C=O) groups is 1. The van der Waals surface area contributed by atoms with Crippen molar-refractivity contribution >= 4 is 16.9 Å². The Morgan fingerprint density at radius 2 is 2.25 bits per heavy atom. The Morgan fingerprint density at radius 3 is 3.04 bits per heavy atom. The van der Waals surface area contributed by atoms with Crippen LogP contribution in [0.2, 0.25) is 0 Å². The van der Waals surface area contributed by atoms with Gasteiger partial charge in [0.05, 0.1) is 17.1 Å². The molecule has 1 fully saturated rings. The van der Waals surface area contributed by atoms with Gasteiger partial charge >= 0.3 is 5.69 Å². The SMILES string of the molecule is Cn1c(=O)[nH]c2cc(C(=O)N3CCC[C@H](n4cccn4)C3)ccc21. The lowest BCUT2D eigenvalue weighted by Crippen LogP contribution is -2.40. The quantitative estimate of drug-likeness (QED) is 0.776. The van der Waals surface area contributed by atoms with Crippen LogP contribution in [0.1, 0.15) is 29.2 Å². The van der Waals surface area contributed by atoms with Crippen molar-refractivity contribution < 1.29 is 4.79 Å². The molecule has 0 radical (unpaired) electrons. The van der Waals surface area contributed by atoms with Crippen LogP contribution >= 0.6 is 0 Å². The number of nitrogens with zero attached hydrogens (tertiary/aromatic N) is 4. The first-order valence-corrected chi connectivity index (χ1v) is 8.10. The summed E-state index contributed by atoms with van der Waals surface area (Å²) < 4.78 is 3.47. The van der Waals surface area contributed by atoms with E-state index < -0.39 is 0 Å². The van der Waals surface area contributed by atoms with E-state index in [4.69, 9.17) is 0 Å². The molecular weight excluding hydrogens is 306 g/mol. The van der Waals surface area contributed by atoms with Crippen LogP contribution in [0.15, 0.2) is 41.5 Å². The van der Waals surface area contributed by atoms with Crippen molar-refractivity contribution in [1.82, 2.24) is 24.2 Å². The van der Waals surface area contributed by atoms with Gasteiger partial charge in [0.2, 0.25) is 0 Å². The van der Waals surface area contributed by atoms with Gasteiger partial charge in [-0.2, -0.15) is 5.10 Å². The van der Waals surface area contributed by atoms with Crippen molar-refractivity contribution in [2.45, 2.75) is 18.9 Å². The predicted molar refractivity (Wildman–Crippen MR) is 89.9 cm³/mol. The topological polar surface area (TPSA) is 75.9 Å². The summed E-state index contributed by atoms with van der Waals surface area (Å²) in [4.78, 5) is 29.2. The fourth-order valence-electron chi connectivity index (χ4n) is 3.40. The zero-order valence-electron chi connectivity index (χ0n) is 13.5. The number of hydrogen-bond acceptors (Lipinski definition) is 3. The van der Waals surface area contributed by atoms with E-state index >= 15 is 0 Å². The lowest BCUT2D eigenvalue weighted by Gasteiger charge is -2.33. The molecule has 124 valence electrons. The third kappa shape index (κ3) is 2.42. The van der Waals surface area contributed by atoms with Crippen LogP contribution in [0.3, 0.4) is 0 Å². The smallest absolute Gasteiger partial charge is 0.326 e. The van der Waals surface area contributed by atoms with E-state index in [0.29, 0.717) is 17.6 Å². The number of aromatic amines is 1. The van der Waals surface area contributed by atoms with Gasteiger partial charge in [-0.15, -0.1) is 0 Å². The summed E-state index contributed by atoms with van der Waals surface area (Å²) in [6.45, 7) is 1.41. The summed E-state index contributed by atoms with van der Waals surface area (Å²) in [5.41, 5.74) is 1.91. The predicted octanol–water partition coefficient (Wildman–Crippen LogP) is 1.54. The van der Waals surface area contributed by atoms with Crippen LogP contribution in [0.5, 0.6) is 0 Å². The summed E-state index contributed by atoms with van der Waals surface area (Å²) in [6, 6.07) is 7.49. The number of carbonyl (C=O) groups excluding carboxylic acids is 1. The van der Waals surface area contributed by atoms with Gasteiger partial charge < -0.3 is 9.88 Å². The molecule has 1 aliphatic heterocycles. The highest BCUT2D eigenvalue weighted by atomic mass is 16.2.